The number of hydrogen-bond donors (Lipinski definition) is 0. The van der Waals surface area contributed by atoms with E-state index < -0.39 is 0 Å². The van der Waals surface area contributed by atoms with Gasteiger partial charge in [0.15, 0.2) is 0 Å². The fraction of sp³-hybridized carbons (Fsp3) is 0. The predicted molar refractivity (Wildman–Crippen MR) is 41.7 cm³/mol. The average molecular weight is 198 g/mol. The van der Waals surface area contributed by atoms with Crippen LogP contribution in [0.4, 0.5) is 0 Å². The lowest BCUT2D eigenvalue weighted by molar-refractivity contribution is 0.613. The number of furan rings is 1. The molecule has 0 aliphatic heterocycles. The summed E-state index contributed by atoms with van der Waals surface area (Å²) in [4.78, 5) is 3.96. The molecule has 3 heteroatoms. The van der Waals surface area contributed by atoms with E-state index in [0.717, 1.165) is 15.4 Å². The van der Waals surface area contributed by atoms with Gasteiger partial charge < -0.3 is 4.42 Å². The van der Waals surface area contributed by atoms with Gasteiger partial charge in [0.05, 0.1) is 9.86 Å². The summed E-state index contributed by atoms with van der Waals surface area (Å²) in [7, 11) is 0. The third-order valence-electron chi connectivity index (χ3n) is 1.33. The molecular weight excluding hydrogens is 194 g/mol. The molecule has 10 heavy (non-hydrogen) atoms. The molecule has 2 heterocycles. The molecule has 0 saturated carbocycles. The summed E-state index contributed by atoms with van der Waals surface area (Å²) < 4.78 is 6.12. The van der Waals surface area contributed by atoms with Gasteiger partial charge in [0.1, 0.15) is 11.8 Å². The van der Waals surface area contributed by atoms with E-state index >= 15 is 0 Å². The van der Waals surface area contributed by atoms with Crippen LogP contribution in [0.15, 0.2) is 33.6 Å². The van der Waals surface area contributed by atoms with E-state index in [1.165, 1.54) is 0 Å². The lowest BCUT2D eigenvalue weighted by Crippen LogP contribution is -1.67. The van der Waals surface area contributed by atoms with Gasteiger partial charge in [-0.05, 0) is 22.0 Å². The van der Waals surface area contributed by atoms with Gasteiger partial charge in [-0.2, -0.15) is 0 Å². The fourth-order valence-electron chi connectivity index (χ4n) is 0.843. The van der Waals surface area contributed by atoms with Gasteiger partial charge in [-0.25, -0.2) is 0 Å². The quantitative estimate of drug-likeness (QED) is 0.650. The molecule has 0 unspecified atom stereocenters. The molecule has 0 fully saturated rings. The van der Waals surface area contributed by atoms with Crippen LogP contribution >= 0.6 is 15.9 Å². The Labute approximate surface area is 66.0 Å². The summed E-state index contributed by atoms with van der Waals surface area (Å²) in [6.07, 6.45) is 5.13. The van der Waals surface area contributed by atoms with E-state index in [-0.39, 0.29) is 0 Å². The molecule has 2 aromatic heterocycles. The molecule has 0 aliphatic rings. The van der Waals surface area contributed by atoms with Gasteiger partial charge in [-0.1, -0.05) is 0 Å². The van der Waals surface area contributed by atoms with Crippen molar-refractivity contribution >= 4 is 26.9 Å². The van der Waals surface area contributed by atoms with Crippen LogP contribution < -0.4 is 0 Å². The maximum Gasteiger partial charge on any atom is 0.138 e. The van der Waals surface area contributed by atoms with Crippen molar-refractivity contribution in [1.82, 2.24) is 4.98 Å². The second-order valence-corrected chi connectivity index (χ2v) is 2.81. The summed E-state index contributed by atoms with van der Waals surface area (Å²) in [5.41, 5.74) is 0.863. The number of pyridine rings is 1. The predicted octanol–water partition coefficient (Wildman–Crippen LogP) is 2.59. The topological polar surface area (TPSA) is 26.0 Å². The maximum atomic E-state index is 5.16. The third-order valence-corrected chi connectivity index (χ3v) is 1.94. The lowest BCUT2D eigenvalue weighted by atomic mass is 10.3. The summed E-state index contributed by atoms with van der Waals surface area (Å²) in [5, 5.41) is 1.02. The average Bonchev–Trinajstić information content (AvgIpc) is 2.34. The van der Waals surface area contributed by atoms with Crippen molar-refractivity contribution in [3.63, 3.8) is 0 Å². The molecule has 0 amide bonds. The van der Waals surface area contributed by atoms with Crippen LogP contribution in [0, 0.1) is 0 Å². The highest BCUT2D eigenvalue weighted by atomic mass is 79.9. The first kappa shape index (κ1) is 5.92. The Morgan fingerprint density at radius 2 is 2.40 bits per heavy atom. The molecule has 0 saturated heterocycles. The minimum Gasteiger partial charge on any atom is -0.463 e. The van der Waals surface area contributed by atoms with Crippen molar-refractivity contribution in [3.8, 4) is 0 Å². The lowest BCUT2D eigenvalue weighted by Gasteiger charge is -1.83. The molecule has 0 atom stereocenters. The van der Waals surface area contributed by atoms with Crippen molar-refractivity contribution in [2.75, 3.05) is 0 Å². The van der Waals surface area contributed by atoms with Gasteiger partial charge in [0.2, 0.25) is 0 Å². The molecule has 2 rings (SSSR count). The Hall–Kier alpha value is -0.830. The SMILES string of the molecule is Brc1coc2ccncc12. The normalized spacial score (nSPS) is 10.5. The minimum atomic E-state index is 0.863. The summed E-state index contributed by atoms with van der Waals surface area (Å²) in [6.45, 7) is 0. The highest BCUT2D eigenvalue weighted by Gasteiger charge is 1.99. The van der Waals surface area contributed by atoms with Crippen LogP contribution in [0.5, 0.6) is 0 Å². The molecule has 0 aliphatic carbocycles. The monoisotopic (exact) mass is 197 g/mol. The van der Waals surface area contributed by atoms with Crippen molar-refractivity contribution in [1.29, 1.82) is 0 Å². The number of nitrogens with zero attached hydrogens (tertiary/aromatic N) is 1. The van der Waals surface area contributed by atoms with E-state index in [0.29, 0.717) is 0 Å². The zero-order valence-electron chi connectivity index (χ0n) is 5.04. The van der Waals surface area contributed by atoms with Crippen molar-refractivity contribution in [2.45, 2.75) is 0 Å². The second-order valence-electron chi connectivity index (χ2n) is 1.96. The largest absolute Gasteiger partial charge is 0.463 e. The Morgan fingerprint density at radius 3 is 3.20 bits per heavy atom. The number of aromatic nitrogens is 1. The van der Waals surface area contributed by atoms with Crippen molar-refractivity contribution < 1.29 is 4.42 Å². The first-order valence-electron chi connectivity index (χ1n) is 2.84. The summed E-state index contributed by atoms with van der Waals surface area (Å²) >= 11 is 3.33. The van der Waals surface area contributed by atoms with E-state index in [4.69, 9.17) is 4.42 Å². The Morgan fingerprint density at radius 1 is 1.50 bits per heavy atom. The summed E-state index contributed by atoms with van der Waals surface area (Å²) in [5.74, 6) is 0. The molecule has 2 aromatic rings. The Bertz CT molecular complexity index is 355. The standard InChI is InChI=1S/C7H4BrNO/c8-6-4-10-7-1-2-9-3-5(6)7/h1-4H. The van der Waals surface area contributed by atoms with Crippen LogP contribution in [0.25, 0.3) is 11.0 Å². The van der Waals surface area contributed by atoms with Gasteiger partial charge >= 0.3 is 0 Å². The number of rotatable bonds is 0. The molecular formula is C7H4BrNO. The molecule has 2 nitrogen and oxygen atoms in total. The smallest absolute Gasteiger partial charge is 0.138 e. The van der Waals surface area contributed by atoms with Crippen LogP contribution in [0.2, 0.25) is 0 Å². The minimum absolute atomic E-state index is 0.863. The fourth-order valence-corrected chi connectivity index (χ4v) is 1.23. The highest BCUT2D eigenvalue weighted by Crippen LogP contribution is 2.23. The van der Waals surface area contributed by atoms with Crippen LogP contribution in [-0.2, 0) is 0 Å². The van der Waals surface area contributed by atoms with Gasteiger partial charge in [-0.3, -0.25) is 4.98 Å². The number of hydrogen-bond acceptors (Lipinski definition) is 2. The molecule has 0 radical (unpaired) electrons. The highest BCUT2D eigenvalue weighted by molar-refractivity contribution is 9.10. The second kappa shape index (κ2) is 2.09. The molecule has 0 bridgehead atoms. The number of fused-ring (bicyclic) bond motifs is 1. The van der Waals surface area contributed by atoms with E-state index in [9.17, 15) is 0 Å². The Balaban J connectivity index is 2.93. The number of halogens is 1. The van der Waals surface area contributed by atoms with E-state index in [1.807, 2.05) is 6.07 Å². The molecule has 0 spiro atoms. The van der Waals surface area contributed by atoms with Crippen molar-refractivity contribution in [2.24, 2.45) is 0 Å². The van der Waals surface area contributed by atoms with Gasteiger partial charge in [0.25, 0.3) is 0 Å². The third kappa shape index (κ3) is 0.743. The van der Waals surface area contributed by atoms with Gasteiger partial charge in [0, 0.05) is 12.4 Å². The van der Waals surface area contributed by atoms with Crippen LogP contribution in [0.1, 0.15) is 0 Å². The molecule has 0 aromatic carbocycles. The van der Waals surface area contributed by atoms with E-state index in [2.05, 4.69) is 20.9 Å². The van der Waals surface area contributed by atoms with E-state index in [1.54, 1.807) is 18.7 Å². The first-order valence-corrected chi connectivity index (χ1v) is 3.64. The molecule has 0 N–H and O–H groups in total. The zero-order valence-corrected chi connectivity index (χ0v) is 6.63. The van der Waals surface area contributed by atoms with Crippen LogP contribution in [-0.4, -0.2) is 4.98 Å². The zero-order chi connectivity index (χ0) is 6.97. The van der Waals surface area contributed by atoms with Crippen molar-refractivity contribution in [3.05, 3.63) is 29.2 Å². The summed E-state index contributed by atoms with van der Waals surface area (Å²) in [6, 6.07) is 1.83. The Kier molecular flexibility index (Phi) is 1.24. The van der Waals surface area contributed by atoms with Gasteiger partial charge in [-0.15, -0.1) is 0 Å². The molecule has 50 valence electrons. The maximum absolute atomic E-state index is 5.16. The van der Waals surface area contributed by atoms with Crippen LogP contribution in [0.3, 0.4) is 0 Å². The first-order chi connectivity index (χ1) is 4.88.